The minimum atomic E-state index is -1.19. The summed E-state index contributed by atoms with van der Waals surface area (Å²) in [6.45, 7) is 0.687. The Morgan fingerprint density at radius 2 is 2.62 bits per heavy atom. The van der Waals surface area contributed by atoms with Crippen molar-refractivity contribution in [3.63, 3.8) is 0 Å². The molecule has 2 rings (SSSR count). The van der Waals surface area contributed by atoms with Gasteiger partial charge in [-0.3, -0.25) is 0 Å². The standard InChI is InChI=1S/C9H12N3O4/c13-8(4-12-2-1-10-6-12)15-5-7-3-11-9(14)16-7/h1-2,6-8H,3-5H2,(H,11,14). The van der Waals surface area contributed by atoms with Gasteiger partial charge in [-0.25, -0.2) is 9.78 Å². The molecule has 0 aliphatic carbocycles. The van der Waals surface area contributed by atoms with E-state index in [9.17, 15) is 9.90 Å². The number of aromatic nitrogens is 2. The highest BCUT2D eigenvalue weighted by molar-refractivity contribution is 5.69. The summed E-state index contributed by atoms with van der Waals surface area (Å²) in [5.41, 5.74) is 0. The number of carbonyl (C=O) groups excluding carboxylic acids is 1. The largest absolute Gasteiger partial charge is 0.442 e. The minimum Gasteiger partial charge on any atom is -0.442 e. The van der Waals surface area contributed by atoms with Crippen LogP contribution in [0.1, 0.15) is 0 Å². The third-order valence-electron chi connectivity index (χ3n) is 2.13. The normalized spacial score (nSPS) is 21.6. The van der Waals surface area contributed by atoms with E-state index in [-0.39, 0.29) is 19.3 Å². The van der Waals surface area contributed by atoms with Crippen LogP contribution in [0.5, 0.6) is 0 Å². The Hall–Kier alpha value is -1.60. The number of imidazole rings is 1. The van der Waals surface area contributed by atoms with Gasteiger partial charge in [-0.15, -0.1) is 0 Å². The van der Waals surface area contributed by atoms with Crippen LogP contribution >= 0.6 is 0 Å². The third kappa shape index (κ3) is 2.94. The predicted molar refractivity (Wildman–Crippen MR) is 50.9 cm³/mol. The maximum absolute atomic E-state index is 11.4. The van der Waals surface area contributed by atoms with Crippen molar-refractivity contribution in [1.82, 2.24) is 14.9 Å². The van der Waals surface area contributed by atoms with E-state index in [1.165, 1.54) is 0 Å². The summed E-state index contributed by atoms with van der Waals surface area (Å²) in [7, 11) is 0. The van der Waals surface area contributed by atoms with E-state index < -0.39 is 12.4 Å². The number of nitrogens with zero attached hydrogens (tertiary/aromatic N) is 2. The fraction of sp³-hybridized carbons (Fsp3) is 0.556. The maximum atomic E-state index is 11.4. The van der Waals surface area contributed by atoms with Crippen LogP contribution in [0.4, 0.5) is 4.79 Å². The second-order valence-electron chi connectivity index (χ2n) is 3.43. The van der Waals surface area contributed by atoms with Gasteiger partial charge in [0, 0.05) is 12.4 Å². The summed E-state index contributed by atoms with van der Waals surface area (Å²) in [5.74, 6) is 0. The van der Waals surface area contributed by atoms with E-state index >= 15 is 0 Å². The van der Waals surface area contributed by atoms with Crippen LogP contribution in [0.3, 0.4) is 0 Å². The second-order valence-corrected chi connectivity index (χ2v) is 3.43. The van der Waals surface area contributed by atoms with Crippen LogP contribution in [0.2, 0.25) is 0 Å². The zero-order chi connectivity index (χ0) is 11.4. The van der Waals surface area contributed by atoms with Crippen molar-refractivity contribution in [2.45, 2.75) is 18.9 Å². The summed E-state index contributed by atoms with van der Waals surface area (Å²) in [4.78, 5) is 14.5. The monoisotopic (exact) mass is 226 g/mol. The Balaban J connectivity index is 1.68. The smallest absolute Gasteiger partial charge is 0.407 e. The lowest BCUT2D eigenvalue weighted by Crippen LogP contribution is -2.26. The summed E-state index contributed by atoms with van der Waals surface area (Å²) in [5, 5.41) is 13.9. The van der Waals surface area contributed by atoms with Crippen molar-refractivity contribution in [2.24, 2.45) is 0 Å². The molecule has 1 N–H and O–H groups in total. The van der Waals surface area contributed by atoms with E-state index in [4.69, 9.17) is 9.47 Å². The van der Waals surface area contributed by atoms with E-state index in [0.717, 1.165) is 0 Å². The van der Waals surface area contributed by atoms with Gasteiger partial charge in [0.15, 0.2) is 0 Å². The molecule has 1 aliphatic heterocycles. The first-order chi connectivity index (χ1) is 7.74. The molecule has 7 nitrogen and oxygen atoms in total. The van der Waals surface area contributed by atoms with Gasteiger partial charge in [0.2, 0.25) is 6.29 Å². The molecule has 0 bridgehead atoms. The first kappa shape index (κ1) is 10.9. The van der Waals surface area contributed by atoms with Crippen LogP contribution in [0, 0.1) is 0 Å². The lowest BCUT2D eigenvalue weighted by atomic mass is 10.4. The second kappa shape index (κ2) is 4.95. The molecule has 7 heteroatoms. The molecule has 1 fully saturated rings. The fourth-order valence-corrected chi connectivity index (χ4v) is 1.36. The number of amides is 1. The number of hydrogen-bond donors (Lipinski definition) is 1. The number of nitrogens with one attached hydrogen (secondary N) is 1. The Morgan fingerprint density at radius 1 is 1.75 bits per heavy atom. The molecule has 0 saturated carbocycles. The highest BCUT2D eigenvalue weighted by Gasteiger charge is 2.23. The van der Waals surface area contributed by atoms with Gasteiger partial charge in [0.1, 0.15) is 6.10 Å². The molecular weight excluding hydrogens is 214 g/mol. The number of cyclic esters (lactones) is 1. The van der Waals surface area contributed by atoms with Crippen molar-refractivity contribution < 1.29 is 19.4 Å². The molecule has 1 amide bonds. The molecule has 2 heterocycles. The van der Waals surface area contributed by atoms with E-state index in [1.807, 2.05) is 0 Å². The zero-order valence-corrected chi connectivity index (χ0v) is 8.54. The van der Waals surface area contributed by atoms with E-state index in [0.29, 0.717) is 6.54 Å². The Labute approximate surface area is 92.0 Å². The predicted octanol–water partition coefficient (Wildman–Crippen LogP) is -0.235. The molecule has 1 aliphatic rings. The molecule has 1 aromatic heterocycles. The van der Waals surface area contributed by atoms with Crippen molar-refractivity contribution >= 4 is 6.09 Å². The Kier molecular flexibility index (Phi) is 3.37. The molecule has 1 aromatic rings. The van der Waals surface area contributed by atoms with Gasteiger partial charge in [-0.1, -0.05) is 0 Å². The third-order valence-corrected chi connectivity index (χ3v) is 2.13. The molecule has 1 radical (unpaired) electrons. The van der Waals surface area contributed by atoms with Crippen LogP contribution in [0.15, 0.2) is 18.7 Å². The van der Waals surface area contributed by atoms with Gasteiger partial charge in [-0.05, 0) is 0 Å². The first-order valence-corrected chi connectivity index (χ1v) is 4.91. The van der Waals surface area contributed by atoms with Crippen LogP contribution < -0.4 is 5.32 Å². The van der Waals surface area contributed by atoms with Crippen LogP contribution in [0.25, 0.3) is 0 Å². The Bertz CT molecular complexity index is 341. The van der Waals surface area contributed by atoms with Crippen molar-refractivity contribution in [3.8, 4) is 0 Å². The lowest BCUT2D eigenvalue weighted by molar-refractivity contribution is -0.159. The van der Waals surface area contributed by atoms with Crippen molar-refractivity contribution in [2.75, 3.05) is 13.2 Å². The molecule has 0 spiro atoms. The molecule has 1 saturated heterocycles. The summed E-state index contributed by atoms with van der Waals surface area (Å²) in [6.07, 6.45) is 2.80. The average Bonchev–Trinajstić information content (AvgIpc) is 2.87. The summed E-state index contributed by atoms with van der Waals surface area (Å²) < 4.78 is 11.5. The fourth-order valence-electron chi connectivity index (χ4n) is 1.36. The van der Waals surface area contributed by atoms with Crippen molar-refractivity contribution in [3.05, 3.63) is 18.7 Å². The molecule has 2 atom stereocenters. The average molecular weight is 226 g/mol. The lowest BCUT2D eigenvalue weighted by Gasteiger charge is -2.12. The molecule has 16 heavy (non-hydrogen) atoms. The Morgan fingerprint density at radius 3 is 3.25 bits per heavy atom. The zero-order valence-electron chi connectivity index (χ0n) is 8.54. The highest BCUT2D eigenvalue weighted by atomic mass is 16.6. The first-order valence-electron chi connectivity index (χ1n) is 4.91. The number of ether oxygens (including phenoxy) is 2. The number of alkyl carbamates (subject to hydrolysis) is 1. The topological polar surface area (TPSA) is 85.3 Å². The van der Waals surface area contributed by atoms with E-state index in [1.54, 1.807) is 23.3 Å². The van der Waals surface area contributed by atoms with Gasteiger partial charge in [0.25, 0.3) is 0 Å². The van der Waals surface area contributed by atoms with E-state index in [2.05, 4.69) is 10.3 Å². The van der Waals surface area contributed by atoms with Gasteiger partial charge in [0.05, 0.1) is 26.0 Å². The maximum Gasteiger partial charge on any atom is 0.407 e. The molecule has 0 aromatic carbocycles. The molecule has 2 unspecified atom stereocenters. The number of carbonyl (C=O) groups is 1. The number of rotatable bonds is 5. The van der Waals surface area contributed by atoms with Gasteiger partial charge < -0.3 is 19.4 Å². The SMILES string of the molecule is [O]C(Cn1ccnc1)OCC1CNC(=O)O1. The van der Waals surface area contributed by atoms with Gasteiger partial charge >= 0.3 is 6.09 Å². The quantitative estimate of drug-likeness (QED) is 0.702. The van der Waals surface area contributed by atoms with Crippen molar-refractivity contribution in [1.29, 1.82) is 0 Å². The van der Waals surface area contributed by atoms with Crippen LogP contribution in [-0.2, 0) is 21.1 Å². The number of hydrogen-bond acceptors (Lipinski definition) is 4. The summed E-state index contributed by atoms with van der Waals surface area (Å²) in [6, 6.07) is 0. The van der Waals surface area contributed by atoms with Gasteiger partial charge in [-0.2, -0.15) is 5.11 Å². The molecule has 87 valence electrons. The highest BCUT2D eigenvalue weighted by Crippen LogP contribution is 2.03. The molecular formula is C9H12N3O4. The minimum absolute atomic E-state index is 0.113. The van der Waals surface area contributed by atoms with Crippen LogP contribution in [-0.4, -0.2) is 41.2 Å². The summed E-state index contributed by atoms with van der Waals surface area (Å²) >= 11 is 0.